The normalized spacial score (nSPS) is 20.2. The number of nitrogens with zero attached hydrogens (tertiary/aromatic N) is 7. The molecule has 16 nitrogen and oxygen atoms in total. The number of aryl methyl sites for hydroxylation is 3. The number of anilines is 1. The molecule has 3 aliphatic heterocycles. The van der Waals surface area contributed by atoms with Crippen LogP contribution < -0.4 is 15.5 Å². The van der Waals surface area contributed by atoms with E-state index in [0.29, 0.717) is 12.4 Å². The number of ether oxygens (including phenoxy) is 2. The van der Waals surface area contributed by atoms with Gasteiger partial charge in [-0.05, 0) is 81.7 Å². The molecule has 18 heteroatoms. The molecule has 3 aromatic heterocycles. The fourth-order valence-electron chi connectivity index (χ4n) is 9.32. The number of thiophene rings is 1. The number of aliphatic imine (C=N–C) groups is 1. The van der Waals surface area contributed by atoms with Gasteiger partial charge in [0.05, 0.1) is 53.6 Å². The van der Waals surface area contributed by atoms with Crippen molar-refractivity contribution in [3.8, 4) is 15.4 Å². The number of carbonyl (C=O) groups excluding carboxylic acids is 4. The Morgan fingerprint density at radius 2 is 1.68 bits per heavy atom. The van der Waals surface area contributed by atoms with E-state index in [0.717, 1.165) is 84.9 Å². The lowest BCUT2D eigenvalue weighted by Crippen LogP contribution is -2.58. The van der Waals surface area contributed by atoms with Crippen LogP contribution in [0.2, 0.25) is 0 Å². The summed E-state index contributed by atoms with van der Waals surface area (Å²) >= 11 is 3.23. The second-order valence-electron chi connectivity index (χ2n) is 19.1. The number of hydrogen-bond acceptors (Lipinski definition) is 14. The highest BCUT2D eigenvalue weighted by Gasteiger charge is 2.45. The molecular formula is C50H61N9O7S2. The maximum atomic E-state index is 14.3. The minimum absolute atomic E-state index is 0.0201. The molecule has 3 aliphatic rings. The van der Waals surface area contributed by atoms with E-state index in [1.54, 1.807) is 22.7 Å². The van der Waals surface area contributed by atoms with Gasteiger partial charge in [-0.15, -0.1) is 32.9 Å². The number of aliphatic hydroxyl groups excluding tert-OH is 1. The topological polar surface area (TPSA) is 193 Å². The highest BCUT2D eigenvalue weighted by molar-refractivity contribution is 7.15. The predicted octanol–water partition coefficient (Wildman–Crippen LogP) is 6.50. The summed E-state index contributed by atoms with van der Waals surface area (Å²) < 4.78 is 13.3. The monoisotopic (exact) mass is 963 g/mol. The lowest BCUT2D eigenvalue weighted by molar-refractivity contribution is -0.145. The Morgan fingerprint density at radius 3 is 2.35 bits per heavy atom. The Balaban J connectivity index is 0.896. The van der Waals surface area contributed by atoms with Crippen LogP contribution in [0.1, 0.15) is 110 Å². The zero-order chi connectivity index (χ0) is 48.6. The van der Waals surface area contributed by atoms with Crippen molar-refractivity contribution in [2.75, 3.05) is 38.3 Å². The average Bonchev–Trinajstić information content (AvgIpc) is 4.09. The highest BCUT2D eigenvalue weighted by Crippen LogP contribution is 2.40. The van der Waals surface area contributed by atoms with E-state index in [1.807, 2.05) is 75.9 Å². The van der Waals surface area contributed by atoms with E-state index in [-0.39, 0.29) is 50.0 Å². The van der Waals surface area contributed by atoms with Crippen LogP contribution in [-0.2, 0) is 28.7 Å². The van der Waals surface area contributed by atoms with Gasteiger partial charge < -0.3 is 35.0 Å². The van der Waals surface area contributed by atoms with E-state index in [1.165, 1.54) is 12.0 Å². The van der Waals surface area contributed by atoms with Gasteiger partial charge in [0.1, 0.15) is 35.6 Å². The summed E-state index contributed by atoms with van der Waals surface area (Å²) in [7, 11) is 1.37. The van der Waals surface area contributed by atoms with Gasteiger partial charge >= 0.3 is 5.97 Å². The molecule has 3 amide bonds. The van der Waals surface area contributed by atoms with Gasteiger partial charge in [-0.1, -0.05) is 57.2 Å². The molecule has 360 valence electrons. The van der Waals surface area contributed by atoms with Gasteiger partial charge in [0.15, 0.2) is 5.82 Å². The summed E-state index contributed by atoms with van der Waals surface area (Å²) in [6, 6.07) is 13.4. The van der Waals surface area contributed by atoms with Crippen molar-refractivity contribution in [3.63, 3.8) is 0 Å². The molecule has 0 bridgehead atoms. The van der Waals surface area contributed by atoms with E-state index < -0.39 is 41.5 Å². The molecule has 68 heavy (non-hydrogen) atoms. The maximum absolute atomic E-state index is 14.3. The zero-order valence-corrected chi connectivity index (χ0v) is 41.8. The van der Waals surface area contributed by atoms with Gasteiger partial charge in [0.25, 0.3) is 0 Å². The molecule has 6 atom stereocenters. The lowest BCUT2D eigenvalue weighted by atomic mass is 9.85. The minimum atomic E-state index is -0.977. The van der Waals surface area contributed by atoms with E-state index in [2.05, 4.69) is 68.8 Å². The number of benzene rings is 2. The first-order valence-corrected chi connectivity index (χ1v) is 24.8. The van der Waals surface area contributed by atoms with Gasteiger partial charge in [-0.2, -0.15) is 0 Å². The molecule has 2 fully saturated rings. The van der Waals surface area contributed by atoms with Crippen LogP contribution in [-0.4, -0.2) is 117 Å². The summed E-state index contributed by atoms with van der Waals surface area (Å²) in [4.78, 5) is 69.7. The number of esters is 1. The fraction of sp³-hybridized carbons (Fsp3) is 0.480. The van der Waals surface area contributed by atoms with Crippen molar-refractivity contribution >= 4 is 57.8 Å². The summed E-state index contributed by atoms with van der Waals surface area (Å²) in [6.07, 6.45) is 0.611. The molecule has 3 N–H and O–H groups in total. The van der Waals surface area contributed by atoms with Crippen LogP contribution in [0.25, 0.3) is 15.4 Å². The third kappa shape index (κ3) is 10.1. The number of β-amino-alcohol motifs (C(OH)–C–C–N with tert-alkyl or cyclic N) is 1. The van der Waals surface area contributed by atoms with Crippen LogP contribution in [0.4, 0.5) is 5.69 Å². The van der Waals surface area contributed by atoms with E-state index in [9.17, 15) is 24.3 Å². The van der Waals surface area contributed by atoms with Crippen molar-refractivity contribution in [2.24, 2.45) is 10.4 Å². The molecular weight excluding hydrogens is 903 g/mol. The lowest BCUT2D eigenvalue weighted by Gasteiger charge is -2.36. The Labute approximate surface area is 405 Å². The van der Waals surface area contributed by atoms with Crippen LogP contribution in [0.3, 0.4) is 0 Å². The highest BCUT2D eigenvalue weighted by atomic mass is 32.1. The average molecular weight is 964 g/mol. The fourth-order valence-corrected chi connectivity index (χ4v) is 11.3. The summed E-state index contributed by atoms with van der Waals surface area (Å²) in [5, 5.41) is 26.5. The summed E-state index contributed by atoms with van der Waals surface area (Å²) in [5.74, 6) is -0.302. The number of rotatable bonds is 13. The Hall–Kier alpha value is -5.82. The number of methoxy groups -OCH3 is 1. The quantitative estimate of drug-likeness (QED) is 0.109. The van der Waals surface area contributed by atoms with Gasteiger partial charge in [-0.3, -0.25) is 28.7 Å². The van der Waals surface area contributed by atoms with Gasteiger partial charge in [-0.25, -0.2) is 4.98 Å². The van der Waals surface area contributed by atoms with Gasteiger partial charge in [0, 0.05) is 47.7 Å². The molecule has 6 heterocycles. The second kappa shape index (κ2) is 20.0. The molecule has 0 aliphatic carbocycles. The van der Waals surface area contributed by atoms with Crippen molar-refractivity contribution < 1.29 is 33.8 Å². The standard InChI is InChI=1S/C50H61N9O7S2/c1-27-30(4)68-49-42(27)43(53-38(22-41(62)65-9)46-56-55-31(5)59(46)49)33-16-18-35(19-17-33)57-20-10-11-37(24-57)66-25-40(61)54-45(50(6,7)8)48(64)58-23-36(60)21-39(58)47(63)52-28(2)32-12-14-34(15-13-32)44-29(3)51-26-67-44/h12-19,26,28,36-39,45,60H,10-11,20-25H2,1-9H3,(H,52,63)(H,54,61)/t28-,36+,37?,38-,39-,45+/m0/s1. The molecule has 0 spiro atoms. The Bertz CT molecular complexity index is 2700. The molecule has 0 saturated carbocycles. The molecule has 2 aromatic carbocycles. The van der Waals surface area contributed by atoms with E-state index in [4.69, 9.17) is 14.5 Å². The molecule has 8 rings (SSSR count). The summed E-state index contributed by atoms with van der Waals surface area (Å²) in [6.45, 7) is 16.6. The number of aromatic nitrogens is 4. The van der Waals surface area contributed by atoms with Crippen LogP contribution in [0.15, 0.2) is 59.0 Å². The number of likely N-dealkylation sites (tertiary alicyclic amines) is 1. The van der Waals surface area contributed by atoms with E-state index >= 15 is 0 Å². The number of carbonyl (C=O) groups is 4. The number of nitrogens with one attached hydrogen (secondary N) is 2. The van der Waals surface area contributed by atoms with Gasteiger partial charge in [0.2, 0.25) is 17.7 Å². The first-order valence-electron chi connectivity index (χ1n) is 23.1. The SMILES string of the molecule is COC(=O)C[C@@H]1N=C(c2ccc(N3CCCC(OCC(=O)N[C@H](C(=O)N4C[C@H](O)C[C@H]4C(=O)N[C@@H](C)c4ccc(-c5scnc5C)cc4)C(C)(C)C)C3)cc2)c2c(sc(C)c2C)-n2c(C)nnc21. The maximum Gasteiger partial charge on any atom is 0.308 e. The Kier molecular flexibility index (Phi) is 14.3. The molecule has 2 saturated heterocycles. The van der Waals surface area contributed by atoms with Crippen molar-refractivity contribution in [3.05, 3.63) is 98.5 Å². The van der Waals surface area contributed by atoms with Crippen LogP contribution >= 0.6 is 22.7 Å². The smallest absolute Gasteiger partial charge is 0.308 e. The third-order valence-corrected chi connectivity index (χ3v) is 15.4. The third-order valence-electron chi connectivity index (χ3n) is 13.2. The largest absolute Gasteiger partial charge is 0.469 e. The van der Waals surface area contributed by atoms with Crippen molar-refractivity contribution in [1.29, 1.82) is 0 Å². The number of piperidine rings is 1. The second-order valence-corrected chi connectivity index (χ2v) is 21.2. The Morgan fingerprint density at radius 1 is 0.956 bits per heavy atom. The number of amides is 3. The first-order chi connectivity index (χ1) is 32.4. The molecule has 0 radical (unpaired) electrons. The van der Waals surface area contributed by atoms with Crippen molar-refractivity contribution in [1.82, 2.24) is 35.3 Å². The minimum Gasteiger partial charge on any atom is -0.469 e. The van der Waals surface area contributed by atoms with Crippen molar-refractivity contribution in [2.45, 2.75) is 117 Å². The number of thiazole rings is 1. The predicted molar refractivity (Wildman–Crippen MR) is 262 cm³/mol. The summed E-state index contributed by atoms with van der Waals surface area (Å²) in [5.41, 5.74) is 8.80. The van der Waals surface area contributed by atoms with Crippen LogP contribution in [0, 0.1) is 33.1 Å². The first kappa shape index (κ1) is 48.6. The number of hydrogen-bond donors (Lipinski definition) is 3. The number of fused-ring (bicyclic) bond motifs is 3. The molecule has 1 unspecified atom stereocenters. The molecule has 5 aromatic rings. The van der Waals surface area contributed by atoms with Crippen LogP contribution in [0.5, 0.6) is 0 Å². The zero-order valence-electron chi connectivity index (χ0n) is 40.2. The number of aliphatic hydroxyl groups is 1.